The molecule has 3 rings (SSSR count). The third kappa shape index (κ3) is 4.09. The van der Waals surface area contributed by atoms with Gasteiger partial charge in [0, 0.05) is 24.8 Å². The fraction of sp³-hybridized carbons (Fsp3) is 0.333. The molecule has 1 amide bonds. The van der Waals surface area contributed by atoms with Crippen molar-refractivity contribution in [2.75, 3.05) is 18.4 Å². The van der Waals surface area contributed by atoms with Gasteiger partial charge in [0.05, 0.1) is 17.1 Å². The zero-order valence-electron chi connectivity index (χ0n) is 14.6. The number of hydrogen-bond donors (Lipinski definition) is 1. The lowest BCUT2D eigenvalue weighted by Crippen LogP contribution is -2.48. The monoisotopic (exact) mass is 375 g/mol. The summed E-state index contributed by atoms with van der Waals surface area (Å²) in [6, 6.07) is 11.2. The summed E-state index contributed by atoms with van der Waals surface area (Å²) in [6.45, 7) is 4.26. The van der Waals surface area contributed by atoms with Gasteiger partial charge in [-0.2, -0.15) is 4.31 Å². The van der Waals surface area contributed by atoms with E-state index in [4.69, 9.17) is 4.74 Å². The van der Waals surface area contributed by atoms with E-state index < -0.39 is 15.9 Å². The lowest BCUT2D eigenvalue weighted by molar-refractivity contribution is -0.0440. The zero-order chi connectivity index (χ0) is 18.7. The number of ether oxygens (including phenoxy) is 1. The number of rotatable bonds is 4. The average molecular weight is 375 g/mol. The van der Waals surface area contributed by atoms with Crippen LogP contribution in [-0.4, -0.2) is 48.9 Å². The van der Waals surface area contributed by atoms with Gasteiger partial charge in [-0.15, -0.1) is 0 Å². The molecule has 8 heteroatoms. The third-order valence-electron chi connectivity index (χ3n) is 4.03. The molecule has 1 aliphatic rings. The average Bonchev–Trinajstić information content (AvgIpc) is 2.62. The molecule has 0 spiro atoms. The van der Waals surface area contributed by atoms with E-state index in [2.05, 4.69) is 10.3 Å². The lowest BCUT2D eigenvalue weighted by Gasteiger charge is -2.34. The second kappa shape index (κ2) is 7.53. The first-order chi connectivity index (χ1) is 12.4. The Labute approximate surface area is 153 Å². The van der Waals surface area contributed by atoms with Crippen molar-refractivity contribution < 1.29 is 17.9 Å². The maximum atomic E-state index is 12.9. The molecule has 2 unspecified atom stereocenters. The minimum Gasteiger partial charge on any atom is -0.373 e. The molecule has 7 nitrogen and oxygen atoms in total. The van der Waals surface area contributed by atoms with Crippen LogP contribution in [0.2, 0.25) is 0 Å². The summed E-state index contributed by atoms with van der Waals surface area (Å²) in [5.74, 6) is -0.00828. The number of aromatic nitrogens is 1. The summed E-state index contributed by atoms with van der Waals surface area (Å²) in [6.07, 6.45) is 1.21. The predicted octanol–water partition coefficient (Wildman–Crippen LogP) is 2.13. The van der Waals surface area contributed by atoms with Gasteiger partial charge in [-0.3, -0.25) is 4.79 Å². The number of pyridine rings is 1. The Hall–Kier alpha value is -2.29. The van der Waals surface area contributed by atoms with Crippen LogP contribution in [0, 0.1) is 0 Å². The molecule has 1 saturated heterocycles. The van der Waals surface area contributed by atoms with Gasteiger partial charge in [0.15, 0.2) is 0 Å². The molecular formula is C18H21N3O4S. The minimum atomic E-state index is -3.70. The molecule has 1 fully saturated rings. The molecule has 2 atom stereocenters. The third-order valence-corrected chi connectivity index (χ3v) is 5.85. The van der Waals surface area contributed by atoms with Crippen molar-refractivity contribution in [1.82, 2.24) is 9.29 Å². The van der Waals surface area contributed by atoms with Gasteiger partial charge in [-0.1, -0.05) is 12.1 Å². The number of sulfonamides is 1. The second-order valence-corrected chi connectivity index (χ2v) is 8.21. The minimum absolute atomic E-state index is 0.0903. The Balaban J connectivity index is 1.83. The number of carbonyl (C=O) groups is 1. The van der Waals surface area contributed by atoms with Crippen LogP contribution in [0.4, 0.5) is 5.82 Å². The standard InChI is InChI=1S/C18H21N3O4S/c1-13-11-21(12-14(2)25-13)26(23,24)16-7-5-6-15(10-16)18(22)20-17-8-3-4-9-19-17/h3-10,13-14H,11-12H2,1-2H3,(H,19,20,22). The predicted molar refractivity (Wildman–Crippen MR) is 97.4 cm³/mol. The fourth-order valence-corrected chi connectivity index (χ4v) is 4.54. The highest BCUT2D eigenvalue weighted by atomic mass is 32.2. The Morgan fingerprint density at radius 1 is 1.15 bits per heavy atom. The van der Waals surface area contributed by atoms with Crippen molar-refractivity contribution in [3.8, 4) is 0 Å². The molecule has 2 heterocycles. The van der Waals surface area contributed by atoms with Crippen LogP contribution in [0.25, 0.3) is 0 Å². The summed E-state index contributed by atoms with van der Waals surface area (Å²) in [4.78, 5) is 16.5. The molecule has 1 aromatic heterocycles. The van der Waals surface area contributed by atoms with Gasteiger partial charge in [-0.25, -0.2) is 13.4 Å². The van der Waals surface area contributed by atoms with Crippen molar-refractivity contribution in [3.05, 3.63) is 54.2 Å². The van der Waals surface area contributed by atoms with Crippen molar-refractivity contribution in [2.24, 2.45) is 0 Å². The molecule has 1 aliphatic heterocycles. The Morgan fingerprint density at radius 2 is 1.88 bits per heavy atom. The quantitative estimate of drug-likeness (QED) is 0.884. The van der Waals surface area contributed by atoms with Crippen molar-refractivity contribution in [2.45, 2.75) is 31.0 Å². The van der Waals surface area contributed by atoms with E-state index in [1.807, 2.05) is 13.8 Å². The van der Waals surface area contributed by atoms with Gasteiger partial charge < -0.3 is 10.1 Å². The van der Waals surface area contributed by atoms with Crippen LogP contribution in [0.15, 0.2) is 53.6 Å². The zero-order valence-corrected chi connectivity index (χ0v) is 15.4. The van der Waals surface area contributed by atoms with Gasteiger partial charge in [0.25, 0.3) is 5.91 Å². The number of nitrogens with zero attached hydrogens (tertiary/aromatic N) is 2. The number of morpholine rings is 1. The molecule has 2 aromatic rings. The molecule has 26 heavy (non-hydrogen) atoms. The number of hydrogen-bond acceptors (Lipinski definition) is 5. The summed E-state index contributed by atoms with van der Waals surface area (Å²) in [5, 5.41) is 2.65. The van der Waals surface area contributed by atoms with E-state index in [-0.39, 0.29) is 35.8 Å². The van der Waals surface area contributed by atoms with Gasteiger partial charge in [-0.05, 0) is 44.2 Å². The van der Waals surface area contributed by atoms with Crippen LogP contribution in [0.3, 0.4) is 0 Å². The molecule has 1 aromatic carbocycles. The Kier molecular flexibility index (Phi) is 5.36. The lowest BCUT2D eigenvalue weighted by atomic mass is 10.2. The van der Waals surface area contributed by atoms with E-state index >= 15 is 0 Å². The van der Waals surface area contributed by atoms with Crippen molar-refractivity contribution in [1.29, 1.82) is 0 Å². The molecule has 0 saturated carbocycles. The summed E-state index contributed by atoms with van der Waals surface area (Å²) < 4.78 is 32.9. The number of nitrogens with one attached hydrogen (secondary N) is 1. The van der Waals surface area contributed by atoms with E-state index in [1.54, 1.807) is 36.5 Å². The first kappa shape index (κ1) is 18.5. The highest BCUT2D eigenvalue weighted by Gasteiger charge is 2.32. The first-order valence-electron chi connectivity index (χ1n) is 8.34. The fourth-order valence-electron chi connectivity index (χ4n) is 2.90. The molecular weight excluding hydrogens is 354 g/mol. The largest absolute Gasteiger partial charge is 0.373 e. The highest BCUT2D eigenvalue weighted by Crippen LogP contribution is 2.22. The summed E-state index contributed by atoms with van der Waals surface area (Å²) in [7, 11) is -3.70. The number of anilines is 1. The van der Waals surface area contributed by atoms with Crippen LogP contribution in [-0.2, 0) is 14.8 Å². The van der Waals surface area contributed by atoms with E-state index in [1.165, 1.54) is 16.4 Å². The summed E-state index contributed by atoms with van der Waals surface area (Å²) >= 11 is 0. The maximum Gasteiger partial charge on any atom is 0.256 e. The second-order valence-electron chi connectivity index (χ2n) is 6.28. The SMILES string of the molecule is CC1CN(S(=O)(=O)c2cccc(C(=O)Nc3ccccn3)c2)CC(C)O1. The van der Waals surface area contributed by atoms with E-state index in [9.17, 15) is 13.2 Å². The molecule has 138 valence electrons. The highest BCUT2D eigenvalue weighted by molar-refractivity contribution is 7.89. The normalized spacial score (nSPS) is 21.3. The van der Waals surface area contributed by atoms with Crippen LogP contribution in [0.5, 0.6) is 0 Å². The molecule has 0 radical (unpaired) electrons. The number of carbonyl (C=O) groups excluding carboxylic acids is 1. The topological polar surface area (TPSA) is 88.6 Å². The van der Waals surface area contributed by atoms with E-state index in [0.29, 0.717) is 5.82 Å². The van der Waals surface area contributed by atoms with Crippen LogP contribution >= 0.6 is 0 Å². The molecule has 0 aliphatic carbocycles. The van der Waals surface area contributed by atoms with Crippen LogP contribution < -0.4 is 5.32 Å². The van der Waals surface area contributed by atoms with Gasteiger partial charge >= 0.3 is 0 Å². The van der Waals surface area contributed by atoms with Crippen LogP contribution in [0.1, 0.15) is 24.2 Å². The van der Waals surface area contributed by atoms with Crippen molar-refractivity contribution in [3.63, 3.8) is 0 Å². The smallest absolute Gasteiger partial charge is 0.256 e. The van der Waals surface area contributed by atoms with Gasteiger partial charge in [0.2, 0.25) is 10.0 Å². The van der Waals surface area contributed by atoms with E-state index in [0.717, 1.165) is 0 Å². The van der Waals surface area contributed by atoms with Gasteiger partial charge in [0.1, 0.15) is 5.82 Å². The summed E-state index contributed by atoms with van der Waals surface area (Å²) in [5.41, 5.74) is 0.256. The van der Waals surface area contributed by atoms with Crippen molar-refractivity contribution >= 4 is 21.7 Å². The molecule has 0 bridgehead atoms. The first-order valence-corrected chi connectivity index (χ1v) is 9.78. The Bertz CT molecular complexity index is 876. The molecule has 1 N–H and O–H groups in total. The number of amides is 1. The Morgan fingerprint density at radius 3 is 2.54 bits per heavy atom. The maximum absolute atomic E-state index is 12.9. The number of benzene rings is 1.